The molecule has 0 radical (unpaired) electrons. The minimum Gasteiger partial charge on any atom is -0.271 e. The molecule has 0 atom stereocenters. The first-order valence-corrected chi connectivity index (χ1v) is 4.08. The molecule has 0 amide bonds. The van der Waals surface area contributed by atoms with Crippen LogP contribution in [0.3, 0.4) is 0 Å². The zero-order valence-corrected chi connectivity index (χ0v) is 7.58. The fourth-order valence-corrected chi connectivity index (χ4v) is 1.01. The van der Waals surface area contributed by atoms with Crippen molar-refractivity contribution in [2.75, 3.05) is 0 Å². The number of rotatable bonds is 1. The molecule has 0 aliphatic rings. The van der Waals surface area contributed by atoms with E-state index >= 15 is 0 Å². The quantitative estimate of drug-likeness (QED) is 0.659. The topological polar surface area (TPSA) is 60.7 Å². The number of hydrogen-bond donors (Lipinski definition) is 0. The molecule has 2 aromatic heterocycles. The molecule has 70 valence electrons. The second-order valence-electron chi connectivity index (χ2n) is 2.82. The van der Waals surface area contributed by atoms with Crippen molar-refractivity contribution in [2.45, 2.75) is 6.92 Å². The molecule has 0 saturated heterocycles. The summed E-state index contributed by atoms with van der Waals surface area (Å²) in [6.07, 6.45) is 7.56. The highest BCUT2D eigenvalue weighted by atomic mass is 16.2. The molecular formula is C9H8N4O. The fraction of sp³-hybridized carbons (Fsp3) is 0.111. The summed E-state index contributed by atoms with van der Waals surface area (Å²) in [5.41, 5.74) is 1.10. The van der Waals surface area contributed by atoms with Crippen molar-refractivity contribution in [3.05, 3.63) is 42.5 Å². The molecule has 0 aliphatic heterocycles. The van der Waals surface area contributed by atoms with E-state index in [9.17, 15) is 4.79 Å². The fourth-order valence-electron chi connectivity index (χ4n) is 1.01. The molecule has 14 heavy (non-hydrogen) atoms. The van der Waals surface area contributed by atoms with Crippen LogP contribution in [-0.4, -0.2) is 25.4 Å². The van der Waals surface area contributed by atoms with Gasteiger partial charge in [0.1, 0.15) is 12.0 Å². The summed E-state index contributed by atoms with van der Waals surface area (Å²) >= 11 is 0. The Kier molecular flexibility index (Phi) is 2.06. The maximum Gasteiger partial charge on any atom is 0.283 e. The molecule has 0 unspecified atom stereocenters. The van der Waals surface area contributed by atoms with Gasteiger partial charge in [0.05, 0.1) is 11.9 Å². The van der Waals surface area contributed by atoms with Crippen LogP contribution in [0.5, 0.6) is 0 Å². The zero-order chi connectivity index (χ0) is 9.97. The Labute approximate surface area is 80.5 Å². The SMILES string of the molecule is Cc1cnc(C(=O)n2ccnc2)cn1. The van der Waals surface area contributed by atoms with Crippen LogP contribution in [-0.2, 0) is 0 Å². The van der Waals surface area contributed by atoms with Crippen molar-refractivity contribution >= 4 is 5.91 Å². The summed E-state index contributed by atoms with van der Waals surface area (Å²) in [5, 5.41) is 0. The molecule has 0 aliphatic carbocycles. The standard InChI is InChI=1S/C9H8N4O/c1-7-4-12-8(5-11-7)9(14)13-3-2-10-6-13/h2-6H,1H3. The van der Waals surface area contributed by atoms with Gasteiger partial charge >= 0.3 is 0 Å². The van der Waals surface area contributed by atoms with Gasteiger partial charge in [0.15, 0.2) is 0 Å². The van der Waals surface area contributed by atoms with E-state index in [1.807, 2.05) is 6.92 Å². The van der Waals surface area contributed by atoms with Gasteiger partial charge in [-0.15, -0.1) is 0 Å². The van der Waals surface area contributed by atoms with E-state index in [0.717, 1.165) is 5.69 Å². The van der Waals surface area contributed by atoms with Crippen LogP contribution in [0.25, 0.3) is 0 Å². The van der Waals surface area contributed by atoms with E-state index in [1.54, 1.807) is 18.6 Å². The van der Waals surface area contributed by atoms with Gasteiger partial charge in [-0.25, -0.2) is 9.97 Å². The van der Waals surface area contributed by atoms with Crippen LogP contribution in [0.15, 0.2) is 31.1 Å². The third-order valence-electron chi connectivity index (χ3n) is 1.74. The van der Waals surface area contributed by atoms with E-state index < -0.39 is 0 Å². The second-order valence-corrected chi connectivity index (χ2v) is 2.82. The van der Waals surface area contributed by atoms with Gasteiger partial charge in [0.2, 0.25) is 0 Å². The van der Waals surface area contributed by atoms with Crippen molar-refractivity contribution < 1.29 is 4.79 Å². The Hall–Kier alpha value is -2.04. The van der Waals surface area contributed by atoms with Crippen molar-refractivity contribution in [3.63, 3.8) is 0 Å². The van der Waals surface area contributed by atoms with Crippen LogP contribution in [0.1, 0.15) is 16.2 Å². The maximum absolute atomic E-state index is 11.6. The van der Waals surface area contributed by atoms with E-state index in [-0.39, 0.29) is 5.91 Å². The van der Waals surface area contributed by atoms with Crippen molar-refractivity contribution in [2.24, 2.45) is 0 Å². The van der Waals surface area contributed by atoms with Crippen LogP contribution in [0, 0.1) is 6.92 Å². The monoisotopic (exact) mass is 188 g/mol. The summed E-state index contributed by atoms with van der Waals surface area (Å²) in [6, 6.07) is 0. The van der Waals surface area contributed by atoms with Crippen LogP contribution in [0.2, 0.25) is 0 Å². The third kappa shape index (κ3) is 1.52. The van der Waals surface area contributed by atoms with E-state index in [1.165, 1.54) is 17.1 Å². The van der Waals surface area contributed by atoms with Crippen molar-refractivity contribution in [1.82, 2.24) is 19.5 Å². The van der Waals surface area contributed by atoms with Gasteiger partial charge in [-0.3, -0.25) is 14.3 Å². The van der Waals surface area contributed by atoms with E-state index in [2.05, 4.69) is 15.0 Å². The largest absolute Gasteiger partial charge is 0.283 e. The van der Waals surface area contributed by atoms with Crippen LogP contribution in [0.4, 0.5) is 0 Å². The lowest BCUT2D eigenvalue weighted by molar-refractivity contribution is 0.0954. The van der Waals surface area contributed by atoms with Crippen molar-refractivity contribution in [1.29, 1.82) is 0 Å². The van der Waals surface area contributed by atoms with Gasteiger partial charge in [-0.2, -0.15) is 0 Å². The minimum atomic E-state index is -0.227. The molecular weight excluding hydrogens is 180 g/mol. The van der Waals surface area contributed by atoms with Gasteiger partial charge in [-0.1, -0.05) is 0 Å². The van der Waals surface area contributed by atoms with Gasteiger partial charge in [-0.05, 0) is 6.92 Å². The predicted octanol–water partition coefficient (Wildman–Crippen LogP) is 0.670. The third-order valence-corrected chi connectivity index (χ3v) is 1.74. The molecule has 2 heterocycles. The summed E-state index contributed by atoms with van der Waals surface area (Å²) in [5.74, 6) is -0.227. The highest BCUT2D eigenvalue weighted by Gasteiger charge is 2.08. The lowest BCUT2D eigenvalue weighted by atomic mass is 10.4. The number of carbonyl (C=O) groups excluding carboxylic acids is 1. The predicted molar refractivity (Wildman–Crippen MR) is 48.7 cm³/mol. The summed E-state index contributed by atoms with van der Waals surface area (Å²) < 4.78 is 1.36. The second kappa shape index (κ2) is 3.37. The van der Waals surface area contributed by atoms with Gasteiger partial charge in [0.25, 0.3) is 5.91 Å². The Morgan fingerprint density at radius 3 is 2.79 bits per heavy atom. The highest BCUT2D eigenvalue weighted by Crippen LogP contribution is 1.98. The summed E-state index contributed by atoms with van der Waals surface area (Å²) in [6.45, 7) is 1.82. The normalized spacial score (nSPS) is 10.1. The Bertz CT molecular complexity index is 432. The van der Waals surface area contributed by atoms with Crippen LogP contribution < -0.4 is 0 Å². The number of carbonyl (C=O) groups is 1. The summed E-state index contributed by atoms with van der Waals surface area (Å²) in [7, 11) is 0. The molecule has 0 fully saturated rings. The highest BCUT2D eigenvalue weighted by molar-refractivity contribution is 5.93. The van der Waals surface area contributed by atoms with E-state index in [0.29, 0.717) is 5.69 Å². The average Bonchev–Trinajstić information content (AvgIpc) is 2.71. The van der Waals surface area contributed by atoms with Crippen molar-refractivity contribution in [3.8, 4) is 0 Å². The number of nitrogens with zero attached hydrogens (tertiary/aromatic N) is 4. The molecule has 0 aromatic carbocycles. The number of imidazole rings is 1. The molecule has 0 spiro atoms. The van der Waals surface area contributed by atoms with Gasteiger partial charge in [0, 0.05) is 18.6 Å². The van der Waals surface area contributed by atoms with E-state index in [4.69, 9.17) is 0 Å². The zero-order valence-electron chi connectivity index (χ0n) is 7.58. The Morgan fingerprint density at radius 1 is 1.36 bits per heavy atom. The smallest absolute Gasteiger partial charge is 0.271 e. The lowest BCUT2D eigenvalue weighted by Crippen LogP contribution is -2.12. The number of hydrogen-bond acceptors (Lipinski definition) is 4. The molecule has 0 saturated carbocycles. The van der Waals surface area contributed by atoms with Gasteiger partial charge < -0.3 is 0 Å². The first-order valence-electron chi connectivity index (χ1n) is 4.08. The Balaban J connectivity index is 2.33. The molecule has 5 heteroatoms. The number of aromatic nitrogens is 4. The molecule has 0 bridgehead atoms. The average molecular weight is 188 g/mol. The summed E-state index contributed by atoms with van der Waals surface area (Å²) in [4.78, 5) is 23.4. The molecule has 2 aromatic rings. The van der Waals surface area contributed by atoms with Crippen LogP contribution >= 0.6 is 0 Å². The molecule has 2 rings (SSSR count). The lowest BCUT2D eigenvalue weighted by Gasteiger charge is -1.99. The maximum atomic E-state index is 11.6. The first-order chi connectivity index (χ1) is 6.77. The first kappa shape index (κ1) is 8.55. The number of aryl methyl sites for hydroxylation is 1. The minimum absolute atomic E-state index is 0.227. The molecule has 5 nitrogen and oxygen atoms in total. The Morgan fingerprint density at radius 2 is 2.21 bits per heavy atom. The molecule has 0 N–H and O–H groups in total.